The summed E-state index contributed by atoms with van der Waals surface area (Å²) in [6.07, 6.45) is 9.40. The highest BCUT2D eigenvalue weighted by molar-refractivity contribution is 5.94. The molecule has 1 amide bonds. The number of hydrogen-bond acceptors (Lipinski definition) is 3. The summed E-state index contributed by atoms with van der Waals surface area (Å²) in [5.74, 6) is 0.722. The number of carbonyl (C=O) groups is 1. The number of rotatable bonds is 4. The summed E-state index contributed by atoms with van der Waals surface area (Å²) in [6.45, 7) is 2.36. The first kappa shape index (κ1) is 13.6. The summed E-state index contributed by atoms with van der Waals surface area (Å²) in [7, 11) is 2.18. The highest BCUT2D eigenvalue weighted by Crippen LogP contribution is 2.21. The second-order valence-corrected chi connectivity index (χ2v) is 6.30. The highest BCUT2D eigenvalue weighted by Gasteiger charge is 2.24. The third-order valence-corrected chi connectivity index (χ3v) is 4.22. The molecule has 1 aromatic rings. The van der Waals surface area contributed by atoms with Crippen LogP contribution in [0.2, 0.25) is 0 Å². The average Bonchev–Trinajstić information content (AvgIpc) is 3.23. The lowest BCUT2D eigenvalue weighted by atomic mass is 9.92. The number of carbonyl (C=O) groups excluding carboxylic acids is 1. The lowest BCUT2D eigenvalue weighted by molar-refractivity contribution is 0.0950. The molecule has 1 aliphatic heterocycles. The molecule has 0 bridgehead atoms. The number of pyridine rings is 1. The van der Waals surface area contributed by atoms with Crippen LogP contribution in [0.15, 0.2) is 18.5 Å². The van der Waals surface area contributed by atoms with E-state index < -0.39 is 0 Å². The third kappa shape index (κ3) is 3.57. The van der Waals surface area contributed by atoms with Crippen molar-refractivity contribution in [2.75, 3.05) is 20.1 Å². The summed E-state index contributed by atoms with van der Waals surface area (Å²) in [5, 5.41) is 3.02. The quantitative estimate of drug-likeness (QED) is 0.910. The summed E-state index contributed by atoms with van der Waals surface area (Å²) < 4.78 is 0. The van der Waals surface area contributed by atoms with Gasteiger partial charge in [0.15, 0.2) is 0 Å². The van der Waals surface area contributed by atoms with Gasteiger partial charge in [-0.1, -0.05) is 0 Å². The lowest BCUT2D eigenvalue weighted by Crippen LogP contribution is -2.33. The van der Waals surface area contributed by atoms with Gasteiger partial charge < -0.3 is 10.2 Å². The maximum Gasteiger partial charge on any atom is 0.253 e. The SMILES string of the molecule is CN1CCC[C@H](Cc2cncc(C(=O)NC3CC3)c2)C1. The van der Waals surface area contributed by atoms with E-state index in [1.54, 1.807) is 6.20 Å². The third-order valence-electron chi connectivity index (χ3n) is 4.22. The van der Waals surface area contributed by atoms with Gasteiger partial charge in [0.25, 0.3) is 5.91 Å². The Morgan fingerprint density at radius 2 is 2.25 bits per heavy atom. The standard InChI is InChI=1S/C16H23N3O/c1-19-6-2-3-12(11-19)7-13-8-14(10-17-9-13)16(20)18-15-4-5-15/h8-10,12,15H,2-7,11H2,1H3,(H,18,20)/t12-/m1/s1. The zero-order valence-electron chi connectivity index (χ0n) is 12.1. The maximum atomic E-state index is 12.0. The molecule has 1 atom stereocenters. The van der Waals surface area contributed by atoms with E-state index in [0.29, 0.717) is 17.5 Å². The summed E-state index contributed by atoms with van der Waals surface area (Å²) in [6, 6.07) is 2.41. The minimum atomic E-state index is 0.0302. The van der Waals surface area contributed by atoms with Crippen LogP contribution in [0.25, 0.3) is 0 Å². The summed E-state index contributed by atoms with van der Waals surface area (Å²) in [5.41, 5.74) is 1.90. The molecule has 4 nitrogen and oxygen atoms in total. The Balaban J connectivity index is 1.62. The fourth-order valence-electron chi connectivity index (χ4n) is 2.99. The highest BCUT2D eigenvalue weighted by atomic mass is 16.1. The number of amides is 1. The molecule has 2 heterocycles. The number of nitrogens with one attached hydrogen (secondary N) is 1. The first-order valence-corrected chi connectivity index (χ1v) is 7.64. The van der Waals surface area contributed by atoms with Gasteiger partial charge in [-0.2, -0.15) is 0 Å². The lowest BCUT2D eigenvalue weighted by Gasteiger charge is -2.29. The van der Waals surface area contributed by atoms with Crippen LogP contribution in [0.5, 0.6) is 0 Å². The first-order valence-electron chi connectivity index (χ1n) is 7.64. The van der Waals surface area contributed by atoms with Gasteiger partial charge in [0.2, 0.25) is 0 Å². The van der Waals surface area contributed by atoms with E-state index >= 15 is 0 Å². The molecule has 0 spiro atoms. The van der Waals surface area contributed by atoms with E-state index in [9.17, 15) is 4.79 Å². The molecule has 1 aliphatic carbocycles. The second kappa shape index (κ2) is 5.92. The molecule has 2 aliphatic rings. The van der Waals surface area contributed by atoms with Gasteiger partial charge in [-0.3, -0.25) is 9.78 Å². The van der Waals surface area contributed by atoms with Crippen LogP contribution < -0.4 is 5.32 Å². The molecule has 1 aromatic heterocycles. The second-order valence-electron chi connectivity index (χ2n) is 6.30. The van der Waals surface area contributed by atoms with Gasteiger partial charge in [-0.05, 0) is 63.2 Å². The molecule has 4 heteroatoms. The van der Waals surface area contributed by atoms with Crippen molar-refractivity contribution in [1.29, 1.82) is 0 Å². The van der Waals surface area contributed by atoms with Gasteiger partial charge in [0.1, 0.15) is 0 Å². The Labute approximate surface area is 120 Å². The Morgan fingerprint density at radius 3 is 3.00 bits per heavy atom. The Kier molecular flexibility index (Phi) is 4.01. The van der Waals surface area contributed by atoms with Crippen molar-refractivity contribution in [2.45, 2.75) is 38.1 Å². The Morgan fingerprint density at radius 1 is 1.40 bits per heavy atom. The molecule has 1 saturated heterocycles. The van der Waals surface area contributed by atoms with Gasteiger partial charge in [-0.15, -0.1) is 0 Å². The molecule has 1 saturated carbocycles. The maximum absolute atomic E-state index is 12.0. The monoisotopic (exact) mass is 273 g/mol. The molecule has 3 rings (SSSR count). The fourth-order valence-corrected chi connectivity index (χ4v) is 2.99. The molecule has 20 heavy (non-hydrogen) atoms. The number of aromatic nitrogens is 1. The van der Waals surface area contributed by atoms with Crippen LogP contribution in [0.3, 0.4) is 0 Å². The van der Waals surface area contributed by atoms with Crippen LogP contribution in [0.4, 0.5) is 0 Å². The summed E-state index contributed by atoms with van der Waals surface area (Å²) >= 11 is 0. The van der Waals surface area contributed by atoms with E-state index in [4.69, 9.17) is 0 Å². The number of piperidine rings is 1. The van der Waals surface area contributed by atoms with Crippen molar-refractivity contribution >= 4 is 5.91 Å². The van der Waals surface area contributed by atoms with Crippen molar-refractivity contribution in [1.82, 2.24) is 15.2 Å². The van der Waals surface area contributed by atoms with E-state index in [1.807, 2.05) is 12.3 Å². The Bertz CT molecular complexity index is 484. The van der Waals surface area contributed by atoms with Crippen LogP contribution in [-0.2, 0) is 6.42 Å². The number of hydrogen-bond donors (Lipinski definition) is 1. The predicted molar refractivity (Wildman–Crippen MR) is 78.7 cm³/mol. The van der Waals surface area contributed by atoms with E-state index in [0.717, 1.165) is 25.8 Å². The molecule has 108 valence electrons. The van der Waals surface area contributed by atoms with Crippen LogP contribution in [0, 0.1) is 5.92 Å². The minimum absolute atomic E-state index is 0.0302. The summed E-state index contributed by atoms with van der Waals surface area (Å²) in [4.78, 5) is 18.7. The predicted octanol–water partition coefficient (Wildman–Crippen LogP) is 1.86. The molecular weight excluding hydrogens is 250 g/mol. The zero-order valence-corrected chi connectivity index (χ0v) is 12.1. The fraction of sp³-hybridized carbons (Fsp3) is 0.625. The molecule has 0 unspecified atom stereocenters. The van der Waals surface area contributed by atoms with Gasteiger partial charge in [0, 0.05) is 25.0 Å². The van der Waals surface area contributed by atoms with Gasteiger partial charge >= 0.3 is 0 Å². The van der Waals surface area contributed by atoms with Crippen molar-refractivity contribution in [3.05, 3.63) is 29.6 Å². The van der Waals surface area contributed by atoms with Crippen molar-refractivity contribution < 1.29 is 4.79 Å². The van der Waals surface area contributed by atoms with Crippen molar-refractivity contribution in [3.63, 3.8) is 0 Å². The zero-order chi connectivity index (χ0) is 13.9. The van der Waals surface area contributed by atoms with Crippen molar-refractivity contribution in [2.24, 2.45) is 5.92 Å². The number of likely N-dealkylation sites (tertiary alicyclic amines) is 1. The van der Waals surface area contributed by atoms with Crippen molar-refractivity contribution in [3.8, 4) is 0 Å². The van der Waals surface area contributed by atoms with E-state index in [-0.39, 0.29) is 5.91 Å². The molecule has 0 radical (unpaired) electrons. The Hall–Kier alpha value is -1.42. The van der Waals surface area contributed by atoms with Crippen LogP contribution in [0.1, 0.15) is 41.6 Å². The molecule has 2 fully saturated rings. The minimum Gasteiger partial charge on any atom is -0.349 e. The van der Waals surface area contributed by atoms with Gasteiger partial charge in [0.05, 0.1) is 5.56 Å². The topological polar surface area (TPSA) is 45.2 Å². The normalized spacial score (nSPS) is 23.6. The van der Waals surface area contributed by atoms with E-state index in [1.165, 1.54) is 24.9 Å². The van der Waals surface area contributed by atoms with E-state index in [2.05, 4.69) is 22.2 Å². The van der Waals surface area contributed by atoms with Gasteiger partial charge in [-0.25, -0.2) is 0 Å². The number of nitrogens with zero attached hydrogens (tertiary/aromatic N) is 2. The molecule has 0 aromatic carbocycles. The largest absolute Gasteiger partial charge is 0.349 e. The molecular formula is C16H23N3O. The first-order chi connectivity index (χ1) is 9.70. The van der Waals surface area contributed by atoms with Crippen LogP contribution in [-0.4, -0.2) is 42.0 Å². The smallest absolute Gasteiger partial charge is 0.253 e. The van der Waals surface area contributed by atoms with Crippen LogP contribution >= 0.6 is 0 Å². The molecule has 1 N–H and O–H groups in total. The average molecular weight is 273 g/mol.